The van der Waals surface area contributed by atoms with Crippen LogP contribution in [0.4, 0.5) is 5.13 Å². The SMILES string of the molecule is CCc1csc(NC(=O)c2cc(OC(C)C)nc(O[C@H](C)CO)c2)n1. The van der Waals surface area contributed by atoms with Gasteiger partial charge in [-0.25, -0.2) is 4.98 Å². The number of ether oxygens (including phenoxy) is 2. The molecule has 0 fully saturated rings. The quantitative estimate of drug-likeness (QED) is 0.747. The summed E-state index contributed by atoms with van der Waals surface area (Å²) in [5.41, 5.74) is 1.28. The van der Waals surface area contributed by atoms with Gasteiger partial charge in [0.25, 0.3) is 5.91 Å². The Bertz CT molecular complexity index is 718. The zero-order valence-electron chi connectivity index (χ0n) is 14.8. The highest BCUT2D eigenvalue weighted by Crippen LogP contribution is 2.22. The summed E-state index contributed by atoms with van der Waals surface area (Å²) in [6, 6.07) is 3.07. The number of anilines is 1. The maximum absolute atomic E-state index is 12.5. The van der Waals surface area contributed by atoms with Crippen LogP contribution in [0.1, 0.15) is 43.7 Å². The minimum atomic E-state index is -0.441. The molecular weight excluding hydrogens is 342 g/mol. The third-order valence-electron chi connectivity index (χ3n) is 3.11. The lowest BCUT2D eigenvalue weighted by atomic mass is 10.2. The van der Waals surface area contributed by atoms with Gasteiger partial charge in [0, 0.05) is 17.5 Å². The molecule has 2 heterocycles. The molecule has 0 saturated heterocycles. The van der Waals surface area contributed by atoms with Crippen molar-refractivity contribution in [3.05, 3.63) is 28.8 Å². The fourth-order valence-electron chi connectivity index (χ4n) is 1.91. The van der Waals surface area contributed by atoms with Gasteiger partial charge in [-0.05, 0) is 27.2 Å². The van der Waals surface area contributed by atoms with Crippen LogP contribution in [-0.4, -0.2) is 39.8 Å². The summed E-state index contributed by atoms with van der Waals surface area (Å²) in [5.74, 6) is 0.184. The van der Waals surface area contributed by atoms with Gasteiger partial charge in [0.05, 0.1) is 24.0 Å². The zero-order chi connectivity index (χ0) is 18.4. The van der Waals surface area contributed by atoms with Crippen LogP contribution in [0, 0.1) is 0 Å². The Morgan fingerprint density at radius 3 is 2.48 bits per heavy atom. The number of nitrogens with one attached hydrogen (secondary N) is 1. The lowest BCUT2D eigenvalue weighted by Crippen LogP contribution is -2.19. The molecule has 0 aliphatic heterocycles. The molecule has 0 aliphatic carbocycles. The molecule has 1 atom stereocenters. The molecule has 25 heavy (non-hydrogen) atoms. The van der Waals surface area contributed by atoms with Crippen LogP contribution in [0.15, 0.2) is 17.5 Å². The first kappa shape index (κ1) is 19.1. The molecule has 1 amide bonds. The summed E-state index contributed by atoms with van der Waals surface area (Å²) < 4.78 is 11.1. The molecule has 0 spiro atoms. The van der Waals surface area contributed by atoms with Crippen molar-refractivity contribution in [2.24, 2.45) is 0 Å². The second-order valence-corrected chi connectivity index (χ2v) is 6.62. The van der Waals surface area contributed by atoms with E-state index in [1.165, 1.54) is 17.4 Å². The summed E-state index contributed by atoms with van der Waals surface area (Å²) >= 11 is 1.38. The molecule has 0 saturated carbocycles. The van der Waals surface area contributed by atoms with E-state index in [4.69, 9.17) is 14.6 Å². The summed E-state index contributed by atoms with van der Waals surface area (Å²) in [4.78, 5) is 21.1. The fourth-order valence-corrected chi connectivity index (χ4v) is 2.70. The Morgan fingerprint density at radius 1 is 1.24 bits per heavy atom. The molecule has 2 aromatic rings. The van der Waals surface area contributed by atoms with E-state index in [9.17, 15) is 4.79 Å². The highest BCUT2D eigenvalue weighted by molar-refractivity contribution is 7.13. The number of nitrogens with zero attached hydrogens (tertiary/aromatic N) is 2. The number of aromatic nitrogens is 2. The van der Waals surface area contributed by atoms with Crippen molar-refractivity contribution in [2.75, 3.05) is 11.9 Å². The Kier molecular flexibility index (Phi) is 6.72. The topological polar surface area (TPSA) is 93.6 Å². The normalized spacial score (nSPS) is 12.1. The first-order valence-corrected chi connectivity index (χ1v) is 9.01. The van der Waals surface area contributed by atoms with Crippen LogP contribution in [0.3, 0.4) is 0 Å². The molecule has 0 radical (unpaired) electrons. The second-order valence-electron chi connectivity index (χ2n) is 5.76. The number of aryl methyl sites for hydroxylation is 1. The van der Waals surface area contributed by atoms with Crippen LogP contribution >= 0.6 is 11.3 Å². The van der Waals surface area contributed by atoms with Gasteiger partial charge < -0.3 is 14.6 Å². The third-order valence-corrected chi connectivity index (χ3v) is 3.92. The predicted molar refractivity (Wildman–Crippen MR) is 96.6 cm³/mol. The van der Waals surface area contributed by atoms with Gasteiger partial charge in [0.1, 0.15) is 6.10 Å². The summed E-state index contributed by atoms with van der Waals surface area (Å²) in [6.45, 7) is 7.29. The van der Waals surface area contributed by atoms with Crippen LogP contribution in [0.2, 0.25) is 0 Å². The molecule has 0 unspecified atom stereocenters. The number of hydrogen-bond acceptors (Lipinski definition) is 7. The highest BCUT2D eigenvalue weighted by atomic mass is 32.1. The van der Waals surface area contributed by atoms with E-state index in [-0.39, 0.29) is 30.4 Å². The number of thiazole rings is 1. The van der Waals surface area contributed by atoms with Crippen molar-refractivity contribution in [1.29, 1.82) is 0 Å². The molecule has 2 N–H and O–H groups in total. The number of carbonyl (C=O) groups excluding carboxylic acids is 1. The summed E-state index contributed by atoms with van der Waals surface area (Å²) in [6.07, 6.45) is 0.272. The lowest BCUT2D eigenvalue weighted by Gasteiger charge is -2.15. The van der Waals surface area contributed by atoms with E-state index in [1.54, 1.807) is 13.0 Å². The molecule has 136 valence electrons. The van der Waals surface area contributed by atoms with Gasteiger partial charge >= 0.3 is 0 Å². The first-order chi connectivity index (χ1) is 11.9. The molecule has 0 aliphatic rings. The number of carbonyl (C=O) groups is 1. The monoisotopic (exact) mass is 365 g/mol. The fraction of sp³-hybridized carbons (Fsp3) is 0.471. The van der Waals surface area contributed by atoms with Gasteiger partial charge in [0.2, 0.25) is 11.8 Å². The molecule has 0 bridgehead atoms. The van der Waals surface area contributed by atoms with E-state index in [1.807, 2.05) is 26.2 Å². The van der Waals surface area contributed by atoms with Crippen molar-refractivity contribution >= 4 is 22.4 Å². The number of hydrogen-bond donors (Lipinski definition) is 2. The van der Waals surface area contributed by atoms with Crippen LogP contribution in [0.5, 0.6) is 11.8 Å². The second kappa shape index (κ2) is 8.77. The maximum atomic E-state index is 12.5. The lowest BCUT2D eigenvalue weighted by molar-refractivity contribution is 0.102. The smallest absolute Gasteiger partial charge is 0.257 e. The van der Waals surface area contributed by atoms with Gasteiger partial charge in [0.15, 0.2) is 5.13 Å². The summed E-state index contributed by atoms with van der Waals surface area (Å²) in [7, 11) is 0. The van der Waals surface area contributed by atoms with Crippen molar-refractivity contribution in [1.82, 2.24) is 9.97 Å². The van der Waals surface area contributed by atoms with Crippen LogP contribution in [0.25, 0.3) is 0 Å². The third kappa shape index (κ3) is 5.68. The molecule has 2 aromatic heterocycles. The van der Waals surface area contributed by atoms with Crippen molar-refractivity contribution < 1.29 is 19.4 Å². The van der Waals surface area contributed by atoms with E-state index in [0.29, 0.717) is 10.7 Å². The number of pyridine rings is 1. The van der Waals surface area contributed by atoms with Crippen molar-refractivity contribution in [3.63, 3.8) is 0 Å². The molecule has 7 nitrogen and oxygen atoms in total. The number of aliphatic hydroxyl groups excluding tert-OH is 1. The zero-order valence-corrected chi connectivity index (χ0v) is 15.6. The Morgan fingerprint density at radius 2 is 1.92 bits per heavy atom. The average Bonchev–Trinajstić information content (AvgIpc) is 3.01. The average molecular weight is 365 g/mol. The van der Waals surface area contributed by atoms with E-state index in [2.05, 4.69) is 15.3 Å². The minimum Gasteiger partial charge on any atom is -0.475 e. The number of rotatable bonds is 8. The van der Waals surface area contributed by atoms with E-state index in [0.717, 1.165) is 12.1 Å². The Hall–Kier alpha value is -2.19. The predicted octanol–water partition coefficient (Wildman–Crippen LogP) is 2.90. The number of aliphatic hydroxyl groups is 1. The molecular formula is C17H23N3O4S. The standard InChI is InChI=1S/C17H23N3O4S/c1-5-13-9-25-17(18-13)20-16(22)12-6-14(23-10(2)3)19-15(7-12)24-11(4)8-21/h6-7,9-11,21H,5,8H2,1-4H3,(H,18,20,22)/t11-/m1/s1. The van der Waals surface area contributed by atoms with Gasteiger partial charge in [-0.1, -0.05) is 6.92 Å². The Labute approximate surface area is 151 Å². The van der Waals surface area contributed by atoms with Crippen LogP contribution < -0.4 is 14.8 Å². The van der Waals surface area contributed by atoms with Crippen molar-refractivity contribution in [2.45, 2.75) is 46.3 Å². The minimum absolute atomic E-state index is 0.0972. The summed E-state index contributed by atoms with van der Waals surface area (Å²) in [5, 5.41) is 14.4. The molecule has 8 heteroatoms. The first-order valence-electron chi connectivity index (χ1n) is 8.13. The van der Waals surface area contributed by atoms with Gasteiger partial charge in [-0.2, -0.15) is 4.98 Å². The maximum Gasteiger partial charge on any atom is 0.257 e. The highest BCUT2D eigenvalue weighted by Gasteiger charge is 2.15. The molecule has 2 rings (SSSR count). The van der Waals surface area contributed by atoms with Gasteiger partial charge in [-0.15, -0.1) is 11.3 Å². The van der Waals surface area contributed by atoms with E-state index < -0.39 is 6.10 Å². The Balaban J connectivity index is 2.23. The van der Waals surface area contributed by atoms with Gasteiger partial charge in [-0.3, -0.25) is 10.1 Å². The van der Waals surface area contributed by atoms with Crippen LogP contribution in [-0.2, 0) is 6.42 Å². The van der Waals surface area contributed by atoms with E-state index >= 15 is 0 Å². The number of amides is 1. The van der Waals surface area contributed by atoms with Crippen molar-refractivity contribution in [3.8, 4) is 11.8 Å². The largest absolute Gasteiger partial charge is 0.475 e. The molecule has 0 aromatic carbocycles.